The first kappa shape index (κ1) is 21.5. The lowest BCUT2D eigenvalue weighted by atomic mass is 9.95. The molecule has 1 aliphatic heterocycles. The molecule has 2 aromatic rings. The van der Waals surface area contributed by atoms with Crippen LogP contribution in [0.15, 0.2) is 35.3 Å². The van der Waals surface area contributed by atoms with E-state index >= 15 is 0 Å². The highest BCUT2D eigenvalue weighted by Gasteiger charge is 2.26. The zero-order chi connectivity index (χ0) is 20.8. The van der Waals surface area contributed by atoms with Crippen molar-refractivity contribution >= 4 is 34.8 Å². The lowest BCUT2D eigenvalue weighted by Gasteiger charge is -2.33. The fourth-order valence-electron chi connectivity index (χ4n) is 3.32. The summed E-state index contributed by atoms with van der Waals surface area (Å²) >= 11 is 12.2. The van der Waals surface area contributed by atoms with Crippen LogP contribution in [-0.2, 0) is 11.3 Å². The number of carbonyl (C=O) groups is 1. The second-order valence-electron chi connectivity index (χ2n) is 6.83. The summed E-state index contributed by atoms with van der Waals surface area (Å²) in [6, 6.07) is 7.00. The summed E-state index contributed by atoms with van der Waals surface area (Å²) in [6.07, 6.45) is 3.05. The second kappa shape index (κ2) is 9.98. The Morgan fingerprint density at radius 1 is 1.24 bits per heavy atom. The lowest BCUT2D eigenvalue weighted by molar-refractivity contribution is -0.125. The highest BCUT2D eigenvalue weighted by Crippen LogP contribution is 2.27. The number of hydrogen-bond acceptors (Lipinski definition) is 5. The number of ether oxygens (including phenoxy) is 1. The number of nitrogens with one attached hydrogen (secondary N) is 1. The standard InChI is InChI=1S/C20H24Cl2N4O3/c1-2-23-19(27)14-7-9-25(10-8-14)17-13-24-26(20(28)18(17)22)11-12-29-16-5-3-15(21)4-6-16/h3-6,13-14H,2,7-12H2,1H3,(H,23,27). The van der Waals surface area contributed by atoms with Crippen molar-refractivity contribution in [2.45, 2.75) is 26.3 Å². The third-order valence-electron chi connectivity index (χ3n) is 4.91. The number of piperidine rings is 1. The van der Waals surface area contributed by atoms with Crippen molar-refractivity contribution in [2.75, 3.05) is 31.1 Å². The van der Waals surface area contributed by atoms with Gasteiger partial charge in [-0.15, -0.1) is 0 Å². The summed E-state index contributed by atoms with van der Waals surface area (Å²) < 4.78 is 6.91. The normalized spacial score (nSPS) is 14.7. The topological polar surface area (TPSA) is 76.5 Å². The van der Waals surface area contributed by atoms with Crippen LogP contribution in [0.5, 0.6) is 5.75 Å². The molecule has 0 aliphatic carbocycles. The van der Waals surface area contributed by atoms with Crippen molar-refractivity contribution in [3.8, 4) is 5.75 Å². The van der Waals surface area contributed by atoms with Gasteiger partial charge in [-0.05, 0) is 44.0 Å². The number of aromatic nitrogens is 2. The van der Waals surface area contributed by atoms with Crippen molar-refractivity contribution in [1.82, 2.24) is 15.1 Å². The van der Waals surface area contributed by atoms with Crippen LogP contribution in [0.3, 0.4) is 0 Å². The predicted molar refractivity (Wildman–Crippen MR) is 114 cm³/mol. The van der Waals surface area contributed by atoms with Crippen LogP contribution in [0.4, 0.5) is 5.69 Å². The van der Waals surface area contributed by atoms with Gasteiger partial charge in [0, 0.05) is 30.6 Å². The fourth-order valence-corrected chi connectivity index (χ4v) is 3.71. The van der Waals surface area contributed by atoms with Crippen LogP contribution in [0.2, 0.25) is 10.0 Å². The number of anilines is 1. The molecule has 1 N–H and O–H groups in total. The van der Waals surface area contributed by atoms with Crippen LogP contribution >= 0.6 is 23.2 Å². The average Bonchev–Trinajstić information content (AvgIpc) is 2.73. The van der Waals surface area contributed by atoms with E-state index in [0.29, 0.717) is 36.1 Å². The van der Waals surface area contributed by atoms with Crippen molar-refractivity contribution in [1.29, 1.82) is 0 Å². The Morgan fingerprint density at radius 3 is 2.59 bits per heavy atom. The molecule has 0 unspecified atom stereocenters. The van der Waals surface area contributed by atoms with Crippen molar-refractivity contribution in [2.24, 2.45) is 5.92 Å². The SMILES string of the molecule is CCNC(=O)C1CCN(c2cnn(CCOc3ccc(Cl)cc3)c(=O)c2Cl)CC1. The summed E-state index contributed by atoms with van der Waals surface area (Å²) in [5.41, 5.74) is 0.260. The van der Waals surface area contributed by atoms with Crippen molar-refractivity contribution in [3.63, 3.8) is 0 Å². The third kappa shape index (κ3) is 5.42. The quantitative estimate of drug-likeness (QED) is 0.718. The van der Waals surface area contributed by atoms with Crippen LogP contribution in [-0.4, -0.2) is 41.9 Å². The summed E-state index contributed by atoms with van der Waals surface area (Å²) in [4.78, 5) is 26.6. The van der Waals surface area contributed by atoms with E-state index in [1.54, 1.807) is 30.5 Å². The van der Waals surface area contributed by atoms with Crippen LogP contribution < -0.4 is 20.5 Å². The second-order valence-corrected chi connectivity index (χ2v) is 7.64. The zero-order valence-corrected chi connectivity index (χ0v) is 17.7. The zero-order valence-electron chi connectivity index (χ0n) is 16.2. The Bertz CT molecular complexity index is 894. The van der Waals surface area contributed by atoms with E-state index in [-0.39, 0.29) is 35.6 Å². The van der Waals surface area contributed by atoms with Crippen LogP contribution in [0, 0.1) is 5.92 Å². The van der Waals surface area contributed by atoms with E-state index in [1.807, 2.05) is 11.8 Å². The molecular weight excluding hydrogens is 415 g/mol. The van der Waals surface area contributed by atoms with Crippen LogP contribution in [0.1, 0.15) is 19.8 Å². The average molecular weight is 439 g/mol. The maximum absolute atomic E-state index is 12.6. The highest BCUT2D eigenvalue weighted by molar-refractivity contribution is 6.33. The molecule has 156 valence electrons. The van der Waals surface area contributed by atoms with Gasteiger partial charge in [-0.2, -0.15) is 5.10 Å². The molecule has 1 fully saturated rings. The summed E-state index contributed by atoms with van der Waals surface area (Å²) in [6.45, 7) is 4.42. The Kier molecular flexibility index (Phi) is 7.39. The molecule has 0 radical (unpaired) electrons. The van der Waals surface area contributed by atoms with Gasteiger partial charge in [-0.25, -0.2) is 4.68 Å². The van der Waals surface area contributed by atoms with Gasteiger partial charge in [0.1, 0.15) is 17.4 Å². The molecule has 0 spiro atoms. The Morgan fingerprint density at radius 2 is 1.93 bits per heavy atom. The van der Waals surface area contributed by atoms with E-state index in [9.17, 15) is 9.59 Å². The number of amides is 1. The largest absolute Gasteiger partial charge is 0.492 e. The van der Waals surface area contributed by atoms with Crippen molar-refractivity contribution < 1.29 is 9.53 Å². The maximum atomic E-state index is 12.6. The van der Waals surface area contributed by atoms with Crippen LogP contribution in [0.25, 0.3) is 0 Å². The van der Waals surface area contributed by atoms with Gasteiger partial charge in [0.15, 0.2) is 0 Å². The molecule has 0 bridgehead atoms. The predicted octanol–water partition coefficient (Wildman–Crippen LogP) is 2.98. The monoisotopic (exact) mass is 438 g/mol. The number of rotatable bonds is 7. The molecule has 0 atom stereocenters. The van der Waals surface area contributed by atoms with Crippen molar-refractivity contribution in [3.05, 3.63) is 50.9 Å². The maximum Gasteiger partial charge on any atom is 0.287 e. The molecule has 29 heavy (non-hydrogen) atoms. The Hall–Kier alpha value is -2.25. The number of halogens is 2. The molecule has 1 aliphatic rings. The molecule has 2 heterocycles. The molecule has 9 heteroatoms. The summed E-state index contributed by atoms with van der Waals surface area (Å²) in [7, 11) is 0. The highest BCUT2D eigenvalue weighted by atomic mass is 35.5. The third-order valence-corrected chi connectivity index (χ3v) is 5.52. The van der Waals surface area contributed by atoms with E-state index < -0.39 is 0 Å². The minimum absolute atomic E-state index is 0.00308. The van der Waals surface area contributed by atoms with Gasteiger partial charge in [-0.3, -0.25) is 9.59 Å². The van der Waals surface area contributed by atoms with E-state index in [1.165, 1.54) is 4.68 Å². The molecular formula is C20H24Cl2N4O3. The first-order chi connectivity index (χ1) is 14.0. The number of nitrogens with zero attached hydrogens (tertiary/aromatic N) is 3. The van der Waals surface area contributed by atoms with E-state index in [2.05, 4.69) is 10.4 Å². The van der Waals surface area contributed by atoms with E-state index in [0.717, 1.165) is 12.8 Å². The smallest absolute Gasteiger partial charge is 0.287 e. The fraction of sp³-hybridized carbons (Fsp3) is 0.450. The molecule has 1 aromatic carbocycles. The minimum Gasteiger partial charge on any atom is -0.492 e. The molecule has 1 saturated heterocycles. The first-order valence-corrected chi connectivity index (χ1v) is 10.4. The van der Waals surface area contributed by atoms with E-state index in [4.69, 9.17) is 27.9 Å². The number of benzene rings is 1. The van der Waals surface area contributed by atoms with Gasteiger partial charge in [-0.1, -0.05) is 23.2 Å². The number of carbonyl (C=O) groups excluding carboxylic acids is 1. The summed E-state index contributed by atoms with van der Waals surface area (Å²) in [5.74, 6) is 0.760. The van der Waals surface area contributed by atoms with Gasteiger partial charge in [0.05, 0.1) is 18.4 Å². The molecule has 1 aromatic heterocycles. The van der Waals surface area contributed by atoms with Gasteiger partial charge < -0.3 is 15.0 Å². The first-order valence-electron chi connectivity index (χ1n) is 9.66. The lowest BCUT2D eigenvalue weighted by Crippen LogP contribution is -2.41. The molecule has 7 nitrogen and oxygen atoms in total. The molecule has 0 saturated carbocycles. The molecule has 1 amide bonds. The minimum atomic E-state index is -0.352. The van der Waals surface area contributed by atoms with Gasteiger partial charge >= 0.3 is 0 Å². The number of hydrogen-bond donors (Lipinski definition) is 1. The Labute approximate surface area is 179 Å². The summed E-state index contributed by atoms with van der Waals surface area (Å²) in [5, 5.41) is 7.88. The van der Waals surface area contributed by atoms with Gasteiger partial charge in [0.25, 0.3) is 5.56 Å². The molecule has 3 rings (SSSR count). The Balaban J connectivity index is 1.59. The van der Waals surface area contributed by atoms with Gasteiger partial charge in [0.2, 0.25) is 5.91 Å².